The summed E-state index contributed by atoms with van der Waals surface area (Å²) in [6, 6.07) is 3.39. The van der Waals surface area contributed by atoms with Crippen LogP contribution in [0, 0.1) is 0 Å². The van der Waals surface area contributed by atoms with Crippen molar-refractivity contribution in [3.63, 3.8) is 0 Å². The van der Waals surface area contributed by atoms with Crippen LogP contribution in [0.5, 0.6) is 0 Å². The number of rotatable bonds is 4. The van der Waals surface area contributed by atoms with Crippen molar-refractivity contribution in [2.45, 2.75) is 0 Å². The molecule has 4 rings (SSSR count). The van der Waals surface area contributed by atoms with Gasteiger partial charge in [0.1, 0.15) is 0 Å². The molecule has 2 aromatic rings. The topological polar surface area (TPSA) is 98.9 Å². The Morgan fingerprint density at radius 1 is 1.04 bits per heavy atom. The van der Waals surface area contributed by atoms with Crippen LogP contribution in [0.25, 0.3) is 0 Å². The molecule has 10 heteroatoms. The summed E-state index contributed by atoms with van der Waals surface area (Å²) in [4.78, 5) is 35.5. The van der Waals surface area contributed by atoms with Gasteiger partial charge in [-0.15, -0.1) is 5.10 Å². The molecule has 2 aliphatic heterocycles. The lowest BCUT2D eigenvalue weighted by molar-refractivity contribution is -0.118. The molecular formula is C17H21N7O3. The van der Waals surface area contributed by atoms with Crippen LogP contribution in [0.4, 0.5) is 11.8 Å². The number of hydrogen-bond donors (Lipinski definition) is 0. The third-order valence-electron chi connectivity index (χ3n) is 4.90. The van der Waals surface area contributed by atoms with Gasteiger partial charge in [0.15, 0.2) is 11.6 Å². The highest BCUT2D eigenvalue weighted by Gasteiger charge is 2.26. The summed E-state index contributed by atoms with van der Waals surface area (Å²) >= 11 is 0. The van der Waals surface area contributed by atoms with Crippen molar-refractivity contribution in [3.05, 3.63) is 30.4 Å². The van der Waals surface area contributed by atoms with Gasteiger partial charge in [-0.3, -0.25) is 9.59 Å². The van der Waals surface area contributed by atoms with E-state index in [1.165, 1.54) is 6.26 Å². The van der Waals surface area contributed by atoms with Crippen molar-refractivity contribution in [1.82, 2.24) is 25.0 Å². The monoisotopic (exact) mass is 371 g/mol. The van der Waals surface area contributed by atoms with Crippen LogP contribution in [0.3, 0.4) is 0 Å². The van der Waals surface area contributed by atoms with E-state index in [0.717, 1.165) is 25.3 Å². The minimum Gasteiger partial charge on any atom is -0.459 e. The van der Waals surface area contributed by atoms with Crippen molar-refractivity contribution in [3.8, 4) is 0 Å². The molecule has 2 aromatic heterocycles. The molecule has 0 aliphatic carbocycles. The summed E-state index contributed by atoms with van der Waals surface area (Å²) in [5, 5.41) is 8.25. The van der Waals surface area contributed by atoms with Gasteiger partial charge in [-0.2, -0.15) is 10.1 Å². The van der Waals surface area contributed by atoms with E-state index in [1.54, 1.807) is 28.1 Å². The number of piperazine rings is 2. The number of nitrogens with zero attached hydrogens (tertiary/aromatic N) is 7. The third-order valence-corrected chi connectivity index (χ3v) is 4.90. The molecule has 0 saturated carbocycles. The van der Waals surface area contributed by atoms with Crippen molar-refractivity contribution in [2.75, 3.05) is 62.2 Å². The number of furan rings is 1. The minimum absolute atomic E-state index is 0.0968. The average molecular weight is 371 g/mol. The zero-order valence-corrected chi connectivity index (χ0v) is 14.9. The molecule has 0 radical (unpaired) electrons. The molecule has 2 fully saturated rings. The number of amides is 2. The Hall–Kier alpha value is -3.17. The quantitative estimate of drug-likeness (QED) is 0.676. The minimum atomic E-state index is -0.0968. The second kappa shape index (κ2) is 7.60. The molecule has 0 N–H and O–H groups in total. The van der Waals surface area contributed by atoms with Gasteiger partial charge in [-0.1, -0.05) is 0 Å². The fraction of sp³-hybridized carbons (Fsp3) is 0.471. The Kier molecular flexibility index (Phi) is 4.86. The molecule has 0 aromatic carbocycles. The zero-order valence-electron chi connectivity index (χ0n) is 14.9. The summed E-state index contributed by atoms with van der Waals surface area (Å²) < 4.78 is 5.19. The fourth-order valence-electron chi connectivity index (χ4n) is 3.29. The van der Waals surface area contributed by atoms with Crippen LogP contribution >= 0.6 is 0 Å². The highest BCUT2D eigenvalue weighted by molar-refractivity contribution is 5.91. The van der Waals surface area contributed by atoms with Crippen molar-refractivity contribution in [1.29, 1.82) is 0 Å². The standard InChI is InChI=1S/C17H21N7O3/c25-13-21-3-5-22(6-4-21)15-12-18-20-17(19-15)24-9-7-23(8-10-24)16(26)14-2-1-11-27-14/h1-2,11-13H,3-10H2. The first-order valence-corrected chi connectivity index (χ1v) is 8.96. The van der Waals surface area contributed by atoms with Gasteiger partial charge < -0.3 is 24.0 Å². The Labute approximate surface area is 156 Å². The molecule has 0 atom stereocenters. The fourth-order valence-corrected chi connectivity index (χ4v) is 3.29. The second-order valence-corrected chi connectivity index (χ2v) is 6.50. The lowest BCUT2D eigenvalue weighted by Gasteiger charge is -2.35. The van der Waals surface area contributed by atoms with Crippen molar-refractivity contribution >= 4 is 24.1 Å². The molecular weight excluding hydrogens is 350 g/mol. The van der Waals surface area contributed by atoms with Crippen molar-refractivity contribution in [2.24, 2.45) is 0 Å². The molecule has 2 amide bonds. The number of carbonyl (C=O) groups is 2. The van der Waals surface area contributed by atoms with Gasteiger partial charge in [0.25, 0.3) is 5.91 Å². The van der Waals surface area contributed by atoms with E-state index >= 15 is 0 Å². The maximum atomic E-state index is 12.4. The van der Waals surface area contributed by atoms with Gasteiger partial charge in [-0.25, -0.2) is 0 Å². The maximum absolute atomic E-state index is 12.4. The molecule has 142 valence electrons. The highest BCUT2D eigenvalue weighted by Crippen LogP contribution is 2.17. The molecule has 27 heavy (non-hydrogen) atoms. The van der Waals surface area contributed by atoms with Gasteiger partial charge in [0, 0.05) is 52.4 Å². The van der Waals surface area contributed by atoms with Crippen LogP contribution in [0.2, 0.25) is 0 Å². The first-order valence-electron chi connectivity index (χ1n) is 8.96. The van der Waals surface area contributed by atoms with Gasteiger partial charge in [0.2, 0.25) is 12.4 Å². The highest BCUT2D eigenvalue weighted by atomic mass is 16.3. The first kappa shape index (κ1) is 17.3. The second-order valence-electron chi connectivity index (χ2n) is 6.50. The summed E-state index contributed by atoms with van der Waals surface area (Å²) in [6.45, 7) is 5.22. The van der Waals surface area contributed by atoms with Gasteiger partial charge in [-0.05, 0) is 12.1 Å². The molecule has 2 aliphatic rings. The van der Waals surface area contributed by atoms with Gasteiger partial charge >= 0.3 is 0 Å². The average Bonchev–Trinajstić information content (AvgIpc) is 3.28. The van der Waals surface area contributed by atoms with Gasteiger partial charge in [0.05, 0.1) is 12.5 Å². The Morgan fingerprint density at radius 2 is 1.78 bits per heavy atom. The number of anilines is 2. The number of carbonyl (C=O) groups excluding carboxylic acids is 2. The molecule has 10 nitrogen and oxygen atoms in total. The summed E-state index contributed by atoms with van der Waals surface area (Å²) in [7, 11) is 0. The lowest BCUT2D eigenvalue weighted by atomic mass is 10.3. The SMILES string of the molecule is O=CN1CCN(c2cnnc(N3CCN(C(=O)c4ccco4)CC3)n2)CC1. The lowest BCUT2D eigenvalue weighted by Crippen LogP contribution is -2.49. The molecule has 0 bridgehead atoms. The summed E-state index contributed by atoms with van der Waals surface area (Å²) in [5.74, 6) is 1.59. The van der Waals surface area contributed by atoms with E-state index < -0.39 is 0 Å². The summed E-state index contributed by atoms with van der Waals surface area (Å²) in [5.41, 5.74) is 0. The molecule has 2 saturated heterocycles. The summed E-state index contributed by atoms with van der Waals surface area (Å²) in [6.07, 6.45) is 4.03. The largest absolute Gasteiger partial charge is 0.459 e. The third kappa shape index (κ3) is 3.69. The smallest absolute Gasteiger partial charge is 0.289 e. The molecule has 4 heterocycles. The molecule has 0 spiro atoms. The van der Waals surface area contributed by atoms with E-state index in [4.69, 9.17) is 4.42 Å². The van der Waals surface area contributed by atoms with E-state index in [0.29, 0.717) is 51.0 Å². The van der Waals surface area contributed by atoms with Crippen molar-refractivity contribution < 1.29 is 14.0 Å². The van der Waals surface area contributed by atoms with E-state index in [9.17, 15) is 9.59 Å². The van der Waals surface area contributed by atoms with Crippen LogP contribution in [0.15, 0.2) is 29.0 Å². The van der Waals surface area contributed by atoms with E-state index in [1.807, 2.05) is 4.90 Å². The number of aromatic nitrogens is 3. The Morgan fingerprint density at radius 3 is 2.44 bits per heavy atom. The molecule has 0 unspecified atom stereocenters. The predicted octanol–water partition coefficient (Wildman–Crippen LogP) is -0.295. The first-order chi connectivity index (χ1) is 13.2. The van der Waals surface area contributed by atoms with E-state index in [-0.39, 0.29) is 5.91 Å². The van der Waals surface area contributed by atoms with Crippen LogP contribution in [-0.4, -0.2) is 89.7 Å². The normalized spacial score (nSPS) is 17.9. The van der Waals surface area contributed by atoms with E-state index in [2.05, 4.69) is 20.1 Å². The maximum Gasteiger partial charge on any atom is 0.289 e. The zero-order chi connectivity index (χ0) is 18.6. The Bertz CT molecular complexity index is 782. The van der Waals surface area contributed by atoms with Crippen LogP contribution < -0.4 is 9.80 Å². The number of hydrogen-bond acceptors (Lipinski definition) is 8. The Balaban J connectivity index is 1.37. The predicted molar refractivity (Wildman–Crippen MR) is 96.5 cm³/mol. The van der Waals surface area contributed by atoms with Crippen LogP contribution in [-0.2, 0) is 4.79 Å². The van der Waals surface area contributed by atoms with Crippen LogP contribution in [0.1, 0.15) is 10.6 Å².